The summed E-state index contributed by atoms with van der Waals surface area (Å²) < 4.78 is 26.4. The average Bonchev–Trinajstić information content (AvgIpc) is 2.38. The number of carboxylic acids is 1. The summed E-state index contributed by atoms with van der Waals surface area (Å²) in [4.78, 5) is 10.6. The molecule has 0 amide bonds. The van der Waals surface area contributed by atoms with Crippen molar-refractivity contribution in [1.29, 1.82) is 5.26 Å². The normalized spacial score (nSPS) is 12.7. The van der Waals surface area contributed by atoms with Gasteiger partial charge in [-0.2, -0.15) is 5.26 Å². The molecule has 1 rings (SSSR count). The number of carboxylic acid groups (broad SMARTS) is 1. The maximum absolute atomic E-state index is 12.1. The zero-order chi connectivity index (χ0) is 15.3. The number of nitrogens with one attached hydrogen (secondary N) is 1. The molecule has 1 unspecified atom stereocenters. The highest BCUT2D eigenvalue weighted by Crippen LogP contribution is 2.20. The summed E-state index contributed by atoms with van der Waals surface area (Å²) in [6.07, 6.45) is 0.290. The number of aliphatic carboxylic acids is 1. The molecule has 0 aliphatic heterocycles. The molecule has 0 aliphatic carbocycles. The number of halogens is 1. The first-order valence-electron chi connectivity index (χ1n) is 5.74. The van der Waals surface area contributed by atoms with Gasteiger partial charge in [-0.25, -0.2) is 13.1 Å². The van der Waals surface area contributed by atoms with E-state index in [1.165, 1.54) is 12.1 Å². The lowest BCUT2D eigenvalue weighted by molar-refractivity contribution is -0.141. The zero-order valence-electron chi connectivity index (χ0n) is 10.6. The van der Waals surface area contributed by atoms with Gasteiger partial charge in [0, 0.05) is 11.6 Å². The minimum atomic E-state index is -3.98. The van der Waals surface area contributed by atoms with Crippen LogP contribution in [0.5, 0.6) is 0 Å². The van der Waals surface area contributed by atoms with Crippen LogP contribution in [0.15, 0.2) is 23.1 Å². The molecule has 0 aromatic heterocycles. The van der Waals surface area contributed by atoms with Crippen LogP contribution < -0.4 is 4.72 Å². The van der Waals surface area contributed by atoms with E-state index < -0.39 is 21.9 Å². The molecule has 0 saturated carbocycles. The smallest absolute Gasteiger partial charge is 0.307 e. The molecule has 0 bridgehead atoms. The summed E-state index contributed by atoms with van der Waals surface area (Å²) in [5.41, 5.74) is -0.0507. The first-order valence-corrected chi connectivity index (χ1v) is 7.60. The monoisotopic (exact) mass is 316 g/mol. The van der Waals surface area contributed by atoms with Crippen molar-refractivity contribution in [3.63, 3.8) is 0 Å². The van der Waals surface area contributed by atoms with Crippen LogP contribution in [0.4, 0.5) is 0 Å². The zero-order valence-corrected chi connectivity index (χ0v) is 12.2. The highest BCUT2D eigenvalue weighted by molar-refractivity contribution is 7.89. The second kappa shape index (κ2) is 6.70. The molecular weight excluding hydrogens is 304 g/mol. The second-order valence-electron chi connectivity index (χ2n) is 4.05. The number of rotatable bonds is 6. The number of benzene rings is 1. The fraction of sp³-hybridized carbons (Fsp3) is 0.333. The van der Waals surface area contributed by atoms with Crippen LogP contribution in [0.25, 0.3) is 0 Å². The van der Waals surface area contributed by atoms with Gasteiger partial charge in [-0.05, 0) is 24.6 Å². The molecule has 20 heavy (non-hydrogen) atoms. The Labute approximate surface area is 122 Å². The Morgan fingerprint density at radius 2 is 2.20 bits per heavy atom. The Bertz CT molecular complexity index is 652. The van der Waals surface area contributed by atoms with Crippen molar-refractivity contribution in [2.75, 3.05) is 6.54 Å². The van der Waals surface area contributed by atoms with E-state index in [-0.39, 0.29) is 22.0 Å². The van der Waals surface area contributed by atoms with Gasteiger partial charge in [0.25, 0.3) is 0 Å². The third-order valence-electron chi connectivity index (χ3n) is 2.72. The van der Waals surface area contributed by atoms with Crippen molar-refractivity contribution in [3.8, 4) is 6.07 Å². The molecule has 0 fully saturated rings. The highest BCUT2D eigenvalue weighted by atomic mass is 35.5. The first-order chi connectivity index (χ1) is 9.31. The largest absolute Gasteiger partial charge is 0.481 e. The molecule has 0 spiro atoms. The molecule has 2 N–H and O–H groups in total. The Hall–Kier alpha value is -1.62. The molecular formula is C12H13ClN2O4S. The number of nitriles is 1. The standard InChI is InChI=1S/C12H13ClN2O4S/c1-2-8(12(16)17)7-15-20(18,19)11-5-10(13)4-3-9(11)6-14/h3-5,8,15H,2,7H2,1H3,(H,16,17). The summed E-state index contributed by atoms with van der Waals surface area (Å²) >= 11 is 5.72. The lowest BCUT2D eigenvalue weighted by Gasteiger charge is -2.12. The van der Waals surface area contributed by atoms with Crippen molar-refractivity contribution in [2.45, 2.75) is 18.2 Å². The molecule has 0 aliphatic rings. The van der Waals surface area contributed by atoms with E-state index in [4.69, 9.17) is 22.0 Å². The van der Waals surface area contributed by atoms with E-state index in [1.54, 1.807) is 13.0 Å². The summed E-state index contributed by atoms with van der Waals surface area (Å²) in [5.74, 6) is -1.91. The maximum Gasteiger partial charge on any atom is 0.307 e. The maximum atomic E-state index is 12.1. The predicted molar refractivity (Wildman–Crippen MR) is 72.8 cm³/mol. The molecule has 1 atom stereocenters. The number of nitrogens with zero attached hydrogens (tertiary/aromatic N) is 1. The van der Waals surface area contributed by atoms with Gasteiger partial charge in [-0.15, -0.1) is 0 Å². The number of carbonyl (C=O) groups is 1. The Kier molecular flexibility index (Phi) is 5.51. The van der Waals surface area contributed by atoms with Crippen LogP contribution in [0, 0.1) is 17.2 Å². The van der Waals surface area contributed by atoms with Gasteiger partial charge in [0.1, 0.15) is 11.0 Å². The van der Waals surface area contributed by atoms with Crippen molar-refractivity contribution >= 4 is 27.6 Å². The average molecular weight is 317 g/mol. The van der Waals surface area contributed by atoms with Crippen molar-refractivity contribution in [1.82, 2.24) is 4.72 Å². The van der Waals surface area contributed by atoms with Crippen LogP contribution >= 0.6 is 11.6 Å². The molecule has 0 radical (unpaired) electrons. The number of hydrogen-bond acceptors (Lipinski definition) is 4. The summed E-state index contributed by atoms with van der Waals surface area (Å²) in [7, 11) is -3.98. The molecule has 1 aromatic carbocycles. The molecule has 6 nitrogen and oxygen atoms in total. The minimum absolute atomic E-state index is 0.0507. The van der Waals surface area contributed by atoms with Crippen LogP contribution in [-0.2, 0) is 14.8 Å². The number of sulfonamides is 1. The van der Waals surface area contributed by atoms with Crippen molar-refractivity contribution in [2.24, 2.45) is 5.92 Å². The molecule has 0 heterocycles. The van der Waals surface area contributed by atoms with Crippen molar-refractivity contribution in [3.05, 3.63) is 28.8 Å². The summed E-state index contributed by atoms with van der Waals surface area (Å²) in [6, 6.07) is 5.62. The topological polar surface area (TPSA) is 107 Å². The predicted octanol–water partition coefficient (Wildman–Crippen LogP) is 1.60. The van der Waals surface area contributed by atoms with Gasteiger partial charge >= 0.3 is 5.97 Å². The molecule has 8 heteroatoms. The Morgan fingerprint density at radius 1 is 1.55 bits per heavy atom. The van der Waals surface area contributed by atoms with Gasteiger partial charge in [0.2, 0.25) is 10.0 Å². The molecule has 1 aromatic rings. The summed E-state index contributed by atoms with van der Waals surface area (Å²) in [5, 5.41) is 18.0. The van der Waals surface area contributed by atoms with E-state index in [9.17, 15) is 13.2 Å². The minimum Gasteiger partial charge on any atom is -0.481 e. The molecule has 0 saturated heterocycles. The van der Waals surface area contributed by atoms with Crippen LogP contribution in [0.1, 0.15) is 18.9 Å². The lowest BCUT2D eigenvalue weighted by atomic mass is 10.1. The quantitative estimate of drug-likeness (QED) is 0.829. The van der Waals surface area contributed by atoms with Crippen LogP contribution in [-0.4, -0.2) is 26.0 Å². The van der Waals surface area contributed by atoms with Gasteiger partial charge < -0.3 is 5.11 Å². The second-order valence-corrected chi connectivity index (χ2v) is 6.22. The van der Waals surface area contributed by atoms with Crippen LogP contribution in [0.3, 0.4) is 0 Å². The first kappa shape index (κ1) is 16.4. The number of hydrogen-bond donors (Lipinski definition) is 2. The van der Waals surface area contributed by atoms with E-state index in [0.717, 1.165) is 6.07 Å². The Morgan fingerprint density at radius 3 is 2.70 bits per heavy atom. The van der Waals surface area contributed by atoms with Gasteiger partial charge in [0.05, 0.1) is 11.5 Å². The lowest BCUT2D eigenvalue weighted by Crippen LogP contribution is -2.33. The fourth-order valence-corrected chi connectivity index (χ4v) is 3.00. The van der Waals surface area contributed by atoms with E-state index >= 15 is 0 Å². The van der Waals surface area contributed by atoms with E-state index in [0.29, 0.717) is 6.42 Å². The SMILES string of the molecule is CCC(CNS(=O)(=O)c1cc(Cl)ccc1C#N)C(=O)O. The third kappa shape index (κ3) is 3.93. The van der Waals surface area contributed by atoms with Gasteiger partial charge in [-0.3, -0.25) is 4.79 Å². The van der Waals surface area contributed by atoms with E-state index in [2.05, 4.69) is 4.72 Å². The van der Waals surface area contributed by atoms with Crippen LogP contribution in [0.2, 0.25) is 5.02 Å². The highest BCUT2D eigenvalue weighted by Gasteiger charge is 2.22. The fourth-order valence-electron chi connectivity index (χ4n) is 1.51. The van der Waals surface area contributed by atoms with Gasteiger partial charge in [0.15, 0.2) is 0 Å². The van der Waals surface area contributed by atoms with E-state index in [1.807, 2.05) is 0 Å². The molecule has 108 valence electrons. The third-order valence-corrected chi connectivity index (χ3v) is 4.41. The summed E-state index contributed by atoms with van der Waals surface area (Å²) in [6.45, 7) is 1.40. The Balaban J connectivity index is 3.03. The van der Waals surface area contributed by atoms with Crippen molar-refractivity contribution < 1.29 is 18.3 Å². The van der Waals surface area contributed by atoms with Gasteiger partial charge in [-0.1, -0.05) is 18.5 Å².